The third kappa shape index (κ3) is 4.42. The first-order valence-corrected chi connectivity index (χ1v) is 8.44. The van der Waals surface area contributed by atoms with E-state index in [9.17, 15) is 14.9 Å². The number of hydrogen-bond acceptors (Lipinski definition) is 4. The average Bonchev–Trinajstić information content (AvgIpc) is 2.67. The molecule has 1 aliphatic rings. The molecule has 1 fully saturated rings. The van der Waals surface area contributed by atoms with E-state index in [0.717, 1.165) is 19.4 Å². The lowest BCUT2D eigenvalue weighted by molar-refractivity contribution is -0.384. The van der Waals surface area contributed by atoms with Gasteiger partial charge in [0.25, 0.3) is 11.6 Å². The second-order valence-corrected chi connectivity index (χ2v) is 6.24. The molecule has 2 aromatic rings. The highest BCUT2D eigenvalue weighted by atomic mass is 16.6. The molecule has 0 radical (unpaired) electrons. The van der Waals surface area contributed by atoms with Gasteiger partial charge in [0.1, 0.15) is 0 Å². The van der Waals surface area contributed by atoms with Gasteiger partial charge >= 0.3 is 0 Å². The first-order chi connectivity index (χ1) is 12.1. The van der Waals surface area contributed by atoms with Crippen LogP contribution in [0.1, 0.15) is 28.8 Å². The summed E-state index contributed by atoms with van der Waals surface area (Å²) in [5.41, 5.74) is 1.76. The van der Waals surface area contributed by atoms with Gasteiger partial charge in [-0.25, -0.2) is 0 Å². The Kier molecular flexibility index (Phi) is 5.40. The Morgan fingerprint density at radius 1 is 1.08 bits per heavy atom. The Morgan fingerprint density at radius 3 is 2.32 bits per heavy atom. The molecule has 3 rings (SSSR count). The van der Waals surface area contributed by atoms with Crippen LogP contribution in [0.4, 0.5) is 5.69 Å². The number of carbonyl (C=O) groups excluding carboxylic acids is 1. The maximum atomic E-state index is 12.5. The van der Waals surface area contributed by atoms with Crippen molar-refractivity contribution in [3.63, 3.8) is 0 Å². The Hall–Kier alpha value is -2.73. The number of hydrogen-bond donors (Lipinski definition) is 1. The van der Waals surface area contributed by atoms with Crippen molar-refractivity contribution in [3.05, 3.63) is 75.8 Å². The van der Waals surface area contributed by atoms with Gasteiger partial charge in [-0.15, -0.1) is 0 Å². The van der Waals surface area contributed by atoms with E-state index in [0.29, 0.717) is 24.7 Å². The third-order valence-electron chi connectivity index (χ3n) is 4.54. The SMILES string of the molecule is O=C(c1ccc([N+](=O)[O-])cc1)N1CCC(NCc2ccccc2)CC1. The zero-order valence-corrected chi connectivity index (χ0v) is 13.9. The van der Waals surface area contributed by atoms with Crippen LogP contribution in [0.2, 0.25) is 0 Å². The first-order valence-electron chi connectivity index (χ1n) is 8.44. The monoisotopic (exact) mass is 339 g/mol. The fourth-order valence-corrected chi connectivity index (χ4v) is 3.05. The van der Waals surface area contributed by atoms with Crippen LogP contribution in [0.5, 0.6) is 0 Å². The molecule has 25 heavy (non-hydrogen) atoms. The molecule has 0 saturated carbocycles. The van der Waals surface area contributed by atoms with Gasteiger partial charge in [-0.05, 0) is 30.5 Å². The number of benzene rings is 2. The van der Waals surface area contributed by atoms with Crippen LogP contribution in [0.25, 0.3) is 0 Å². The molecule has 0 bridgehead atoms. The molecule has 0 aromatic heterocycles. The number of piperidine rings is 1. The number of rotatable bonds is 5. The summed E-state index contributed by atoms with van der Waals surface area (Å²) in [5, 5.41) is 14.2. The zero-order valence-electron chi connectivity index (χ0n) is 13.9. The van der Waals surface area contributed by atoms with Gasteiger partial charge in [-0.3, -0.25) is 14.9 Å². The van der Waals surface area contributed by atoms with Crippen LogP contribution >= 0.6 is 0 Å². The van der Waals surface area contributed by atoms with Gasteiger partial charge in [0.05, 0.1) is 4.92 Å². The summed E-state index contributed by atoms with van der Waals surface area (Å²) in [7, 11) is 0. The van der Waals surface area contributed by atoms with E-state index >= 15 is 0 Å². The van der Waals surface area contributed by atoms with Crippen molar-refractivity contribution < 1.29 is 9.72 Å². The molecule has 0 spiro atoms. The van der Waals surface area contributed by atoms with Crippen LogP contribution in [-0.2, 0) is 6.54 Å². The molecule has 0 aliphatic carbocycles. The Labute approximate surface area is 146 Å². The van der Waals surface area contributed by atoms with Crippen LogP contribution < -0.4 is 5.32 Å². The molecular weight excluding hydrogens is 318 g/mol. The Balaban J connectivity index is 1.49. The van der Waals surface area contributed by atoms with E-state index in [-0.39, 0.29) is 11.6 Å². The number of non-ortho nitro benzene ring substituents is 1. The lowest BCUT2D eigenvalue weighted by atomic mass is 10.0. The smallest absolute Gasteiger partial charge is 0.269 e. The maximum Gasteiger partial charge on any atom is 0.269 e. The summed E-state index contributed by atoms with van der Waals surface area (Å²) in [4.78, 5) is 24.6. The Morgan fingerprint density at radius 2 is 1.72 bits per heavy atom. The van der Waals surface area contributed by atoms with Crippen LogP contribution in [-0.4, -0.2) is 34.9 Å². The molecule has 2 aromatic carbocycles. The van der Waals surface area contributed by atoms with E-state index < -0.39 is 4.92 Å². The van der Waals surface area contributed by atoms with Crippen LogP contribution in [0.3, 0.4) is 0 Å². The number of nitro groups is 1. The van der Waals surface area contributed by atoms with Crippen molar-refractivity contribution in [3.8, 4) is 0 Å². The second-order valence-electron chi connectivity index (χ2n) is 6.24. The molecule has 130 valence electrons. The number of amides is 1. The number of nitro benzene ring substituents is 1. The molecule has 1 aliphatic heterocycles. The fourth-order valence-electron chi connectivity index (χ4n) is 3.05. The molecule has 6 heteroatoms. The molecular formula is C19H21N3O3. The Bertz CT molecular complexity index is 723. The van der Waals surface area contributed by atoms with Crippen molar-refractivity contribution >= 4 is 11.6 Å². The molecule has 1 amide bonds. The molecule has 1 heterocycles. The standard InChI is InChI=1S/C19H21N3O3/c23-19(16-6-8-18(9-7-16)22(24)25)21-12-10-17(11-13-21)20-14-15-4-2-1-3-5-15/h1-9,17,20H,10-14H2. The summed E-state index contributed by atoms with van der Waals surface area (Å²) in [6, 6.07) is 16.5. The van der Waals surface area contributed by atoms with E-state index in [1.165, 1.54) is 29.8 Å². The van der Waals surface area contributed by atoms with Crippen LogP contribution in [0.15, 0.2) is 54.6 Å². The van der Waals surface area contributed by atoms with Gasteiger partial charge in [0, 0.05) is 43.4 Å². The highest BCUT2D eigenvalue weighted by molar-refractivity contribution is 5.94. The summed E-state index contributed by atoms with van der Waals surface area (Å²) in [5.74, 6) is -0.0589. The number of nitrogens with zero attached hydrogens (tertiary/aromatic N) is 2. The van der Waals surface area contributed by atoms with Crippen molar-refractivity contribution in [1.29, 1.82) is 0 Å². The van der Waals surface area contributed by atoms with Crippen molar-refractivity contribution in [2.45, 2.75) is 25.4 Å². The van der Waals surface area contributed by atoms with Crippen molar-refractivity contribution in [2.24, 2.45) is 0 Å². The third-order valence-corrected chi connectivity index (χ3v) is 4.54. The predicted octanol–water partition coefficient (Wildman–Crippen LogP) is 2.99. The van der Waals surface area contributed by atoms with E-state index in [4.69, 9.17) is 0 Å². The molecule has 0 unspecified atom stereocenters. The normalized spacial score (nSPS) is 15.1. The molecule has 0 atom stereocenters. The zero-order chi connectivity index (χ0) is 17.6. The maximum absolute atomic E-state index is 12.5. The summed E-state index contributed by atoms with van der Waals surface area (Å²) in [6.07, 6.45) is 1.82. The summed E-state index contributed by atoms with van der Waals surface area (Å²) in [6.45, 7) is 2.23. The highest BCUT2D eigenvalue weighted by Crippen LogP contribution is 2.17. The quantitative estimate of drug-likeness (QED) is 0.671. The van der Waals surface area contributed by atoms with Gasteiger partial charge in [-0.2, -0.15) is 0 Å². The van der Waals surface area contributed by atoms with E-state index in [1.807, 2.05) is 23.1 Å². The summed E-state index contributed by atoms with van der Waals surface area (Å²) >= 11 is 0. The molecule has 1 saturated heterocycles. The first kappa shape index (κ1) is 17.1. The minimum Gasteiger partial charge on any atom is -0.339 e. The van der Waals surface area contributed by atoms with Gasteiger partial charge < -0.3 is 10.2 Å². The number of nitrogens with one attached hydrogen (secondary N) is 1. The molecule has 6 nitrogen and oxygen atoms in total. The summed E-state index contributed by atoms with van der Waals surface area (Å²) < 4.78 is 0. The topological polar surface area (TPSA) is 75.5 Å². The second kappa shape index (κ2) is 7.90. The lowest BCUT2D eigenvalue weighted by Crippen LogP contribution is -2.44. The lowest BCUT2D eigenvalue weighted by Gasteiger charge is -2.32. The molecule has 1 N–H and O–H groups in total. The number of likely N-dealkylation sites (tertiary alicyclic amines) is 1. The minimum atomic E-state index is -0.460. The highest BCUT2D eigenvalue weighted by Gasteiger charge is 2.23. The largest absolute Gasteiger partial charge is 0.339 e. The van der Waals surface area contributed by atoms with Crippen molar-refractivity contribution in [1.82, 2.24) is 10.2 Å². The predicted molar refractivity (Wildman–Crippen MR) is 95.3 cm³/mol. The fraction of sp³-hybridized carbons (Fsp3) is 0.316. The average molecular weight is 339 g/mol. The van der Waals surface area contributed by atoms with E-state index in [1.54, 1.807) is 0 Å². The van der Waals surface area contributed by atoms with Gasteiger partial charge in [-0.1, -0.05) is 30.3 Å². The van der Waals surface area contributed by atoms with Gasteiger partial charge in [0.2, 0.25) is 0 Å². The minimum absolute atomic E-state index is 0.000343. The van der Waals surface area contributed by atoms with Gasteiger partial charge in [0.15, 0.2) is 0 Å². The van der Waals surface area contributed by atoms with Crippen LogP contribution in [0, 0.1) is 10.1 Å². The number of carbonyl (C=O) groups is 1. The van der Waals surface area contributed by atoms with Crippen molar-refractivity contribution in [2.75, 3.05) is 13.1 Å². The van der Waals surface area contributed by atoms with E-state index in [2.05, 4.69) is 17.4 Å².